The lowest BCUT2D eigenvalue weighted by Gasteiger charge is -2.54. The number of rotatable bonds is 3. The molecule has 7 saturated carbocycles. The Labute approximate surface area is 194 Å². The number of carbonyl (C=O) groups is 2. The molecule has 7 aliphatic carbocycles. The molecule has 8 bridgehead atoms. The molecule has 1 aromatic rings. The number of carbonyl (C=O) groups excluding carboxylic acids is 2. The standard InChI is InChI=1S/C24H20FN3O5S/c25-9-3-1-8(2-4-9)7-28-20-15-13-10-12(11-14(15)17(11)21(29)16(10)13)18(20)22(30)19(24(28)31)23-26-5-6-34(32,33)27-23/h1-6,10-18,20,30H,7H2,(H,26,27)/t10?,11?,12?,13?,14?,15?,16?,17?,18-,20+/m1/s1. The molecule has 0 radical (unpaired) electrons. The van der Waals surface area contributed by atoms with Crippen molar-refractivity contribution in [2.45, 2.75) is 12.6 Å². The van der Waals surface area contributed by atoms with Gasteiger partial charge in [0.2, 0.25) is 0 Å². The van der Waals surface area contributed by atoms with Gasteiger partial charge < -0.3 is 15.3 Å². The maximum atomic E-state index is 13.9. The molecular formula is C24H20FN3O5S. The van der Waals surface area contributed by atoms with E-state index in [2.05, 4.69) is 9.71 Å². The Morgan fingerprint density at radius 2 is 1.59 bits per heavy atom. The van der Waals surface area contributed by atoms with E-state index in [1.54, 1.807) is 17.0 Å². The number of aliphatic hydroxyl groups is 1. The molecule has 6 unspecified atom stereocenters. The van der Waals surface area contributed by atoms with Crippen molar-refractivity contribution in [3.63, 3.8) is 0 Å². The summed E-state index contributed by atoms with van der Waals surface area (Å²) in [6.07, 6.45) is 1.19. The molecule has 0 spiro atoms. The van der Waals surface area contributed by atoms with Crippen LogP contribution >= 0.6 is 0 Å². The first-order valence-corrected chi connectivity index (χ1v) is 13.1. The average molecular weight is 482 g/mol. The summed E-state index contributed by atoms with van der Waals surface area (Å²) < 4.78 is 41.5. The van der Waals surface area contributed by atoms with Crippen molar-refractivity contribution in [3.05, 3.63) is 58.6 Å². The van der Waals surface area contributed by atoms with Crippen LogP contribution in [0.4, 0.5) is 4.39 Å². The quantitative estimate of drug-likeness (QED) is 0.673. The second-order valence-electron chi connectivity index (χ2n) is 10.7. The monoisotopic (exact) mass is 481 g/mol. The predicted molar refractivity (Wildman–Crippen MR) is 115 cm³/mol. The Morgan fingerprint density at radius 3 is 2.24 bits per heavy atom. The molecule has 0 saturated heterocycles. The zero-order valence-electron chi connectivity index (χ0n) is 17.7. The lowest BCUT2D eigenvalue weighted by atomic mass is 9.59. The highest BCUT2D eigenvalue weighted by molar-refractivity contribution is 7.93. The van der Waals surface area contributed by atoms with Gasteiger partial charge in [-0.05, 0) is 53.2 Å². The summed E-state index contributed by atoms with van der Waals surface area (Å²) in [5, 5.41) is 15.1. The van der Waals surface area contributed by atoms with E-state index >= 15 is 0 Å². The molecule has 8 nitrogen and oxygen atoms in total. The largest absolute Gasteiger partial charge is 0.511 e. The third-order valence-electron chi connectivity index (χ3n) is 9.47. The first kappa shape index (κ1) is 19.3. The van der Waals surface area contributed by atoms with E-state index in [0.717, 1.165) is 11.0 Å². The summed E-state index contributed by atoms with van der Waals surface area (Å²) in [7, 11) is -3.92. The number of ketones is 1. The second-order valence-corrected chi connectivity index (χ2v) is 12.1. The highest BCUT2D eigenvalue weighted by Gasteiger charge is 2.88. The van der Waals surface area contributed by atoms with Crippen LogP contribution in [0.3, 0.4) is 0 Å². The maximum absolute atomic E-state index is 13.9. The number of benzene rings is 1. The fourth-order valence-electron chi connectivity index (χ4n) is 8.59. The van der Waals surface area contributed by atoms with Crippen molar-refractivity contribution >= 4 is 27.5 Å². The van der Waals surface area contributed by atoms with Gasteiger partial charge in [-0.15, -0.1) is 4.40 Å². The molecule has 2 aliphatic heterocycles. The molecule has 1 amide bonds. The Kier molecular flexibility index (Phi) is 3.29. The Morgan fingerprint density at radius 1 is 0.971 bits per heavy atom. The summed E-state index contributed by atoms with van der Waals surface area (Å²) in [4.78, 5) is 28.4. The summed E-state index contributed by atoms with van der Waals surface area (Å²) >= 11 is 0. The van der Waals surface area contributed by atoms with Crippen LogP contribution < -0.4 is 5.32 Å². The number of nitrogens with zero attached hydrogens (tertiary/aromatic N) is 2. The Balaban J connectivity index is 1.28. The second kappa shape index (κ2) is 5.79. The molecule has 2 heterocycles. The molecule has 0 aromatic heterocycles. The number of Topliss-reactive ketones (excluding diaryl/α,β-unsaturated/α-hetero) is 1. The maximum Gasteiger partial charge on any atom is 0.278 e. The molecule has 1 aromatic carbocycles. The van der Waals surface area contributed by atoms with E-state index in [4.69, 9.17) is 0 Å². The van der Waals surface area contributed by atoms with E-state index in [9.17, 15) is 27.5 Å². The number of hydrogen-bond donors (Lipinski definition) is 2. The minimum Gasteiger partial charge on any atom is -0.511 e. The van der Waals surface area contributed by atoms with Gasteiger partial charge in [0, 0.05) is 36.5 Å². The van der Waals surface area contributed by atoms with Crippen LogP contribution in [0.25, 0.3) is 0 Å². The topological polar surface area (TPSA) is 116 Å². The van der Waals surface area contributed by atoms with Gasteiger partial charge >= 0.3 is 0 Å². The van der Waals surface area contributed by atoms with Crippen molar-refractivity contribution in [1.82, 2.24) is 10.2 Å². The smallest absolute Gasteiger partial charge is 0.278 e. The summed E-state index contributed by atoms with van der Waals surface area (Å²) in [5.74, 6) is 0.184. The highest BCUT2D eigenvalue weighted by atomic mass is 32.2. The van der Waals surface area contributed by atoms with E-state index in [-0.39, 0.29) is 88.8 Å². The van der Waals surface area contributed by atoms with Gasteiger partial charge in [-0.3, -0.25) is 9.59 Å². The minimum absolute atomic E-state index is 0.0353. The van der Waals surface area contributed by atoms with Gasteiger partial charge in [0.25, 0.3) is 15.9 Å². The van der Waals surface area contributed by atoms with E-state index in [0.29, 0.717) is 5.78 Å². The van der Waals surface area contributed by atoms with Crippen LogP contribution in [-0.4, -0.2) is 42.0 Å². The fraction of sp³-hybridized carbons (Fsp3) is 0.458. The molecule has 9 aliphatic rings. The zero-order chi connectivity index (χ0) is 23.3. The average Bonchev–Trinajstić information content (AvgIpc) is 3.69. The predicted octanol–water partition coefficient (Wildman–Crippen LogP) is 1.33. The number of nitrogens with one attached hydrogen (secondary N) is 1. The van der Waals surface area contributed by atoms with E-state index in [1.807, 2.05) is 0 Å². The highest BCUT2D eigenvalue weighted by Crippen LogP contribution is 2.86. The van der Waals surface area contributed by atoms with Crippen molar-refractivity contribution in [2.75, 3.05) is 0 Å². The van der Waals surface area contributed by atoms with Crippen molar-refractivity contribution in [2.24, 2.45) is 57.7 Å². The lowest BCUT2D eigenvalue weighted by Crippen LogP contribution is -2.61. The fourth-order valence-corrected chi connectivity index (χ4v) is 9.29. The molecule has 174 valence electrons. The Bertz CT molecular complexity index is 1390. The van der Waals surface area contributed by atoms with E-state index < -0.39 is 15.9 Å². The lowest BCUT2D eigenvalue weighted by molar-refractivity contribution is -0.141. The molecule has 10 heteroatoms. The molecular weight excluding hydrogens is 461 g/mol. The number of amidine groups is 1. The summed E-state index contributed by atoms with van der Waals surface area (Å²) in [6, 6.07) is 5.66. The number of amides is 1. The van der Waals surface area contributed by atoms with Gasteiger partial charge in [-0.2, -0.15) is 8.42 Å². The summed E-state index contributed by atoms with van der Waals surface area (Å²) in [5.41, 5.74) is 0.612. The molecule has 2 N–H and O–H groups in total. The summed E-state index contributed by atoms with van der Waals surface area (Å²) in [6.45, 7) is 0.203. The third-order valence-corrected chi connectivity index (χ3v) is 10.4. The first-order chi connectivity index (χ1) is 16.3. The van der Waals surface area contributed by atoms with E-state index in [1.165, 1.54) is 18.3 Å². The molecule has 8 atom stereocenters. The van der Waals surface area contributed by atoms with Crippen molar-refractivity contribution in [3.8, 4) is 0 Å². The van der Waals surface area contributed by atoms with Crippen LogP contribution in [0, 0.1) is 59.1 Å². The van der Waals surface area contributed by atoms with Gasteiger partial charge in [0.15, 0.2) is 5.84 Å². The number of halogens is 1. The molecule has 34 heavy (non-hydrogen) atoms. The minimum atomic E-state index is -3.92. The van der Waals surface area contributed by atoms with Gasteiger partial charge in [-0.25, -0.2) is 4.39 Å². The van der Waals surface area contributed by atoms with Crippen LogP contribution in [-0.2, 0) is 26.2 Å². The Hall–Kier alpha value is -3.01. The molecule has 10 rings (SSSR count). The van der Waals surface area contributed by atoms with Gasteiger partial charge in [0.05, 0.1) is 5.41 Å². The third kappa shape index (κ3) is 2.14. The van der Waals surface area contributed by atoms with Crippen LogP contribution in [0.5, 0.6) is 0 Å². The van der Waals surface area contributed by atoms with Crippen LogP contribution in [0.1, 0.15) is 5.56 Å². The number of sulfonamides is 1. The van der Waals surface area contributed by atoms with Gasteiger partial charge in [0.1, 0.15) is 22.9 Å². The van der Waals surface area contributed by atoms with Crippen molar-refractivity contribution in [1.29, 1.82) is 0 Å². The zero-order valence-corrected chi connectivity index (χ0v) is 18.5. The van der Waals surface area contributed by atoms with Gasteiger partial charge in [-0.1, -0.05) is 12.1 Å². The number of hydrogen-bond acceptors (Lipinski definition) is 6. The normalized spacial score (nSPS) is 45.6. The molecule has 7 fully saturated rings. The number of aliphatic hydroxyl groups excluding tert-OH is 1. The van der Waals surface area contributed by atoms with Crippen molar-refractivity contribution < 1.29 is 27.5 Å². The SMILES string of the molecule is O=C1C2C3C2C2C4C1C4C3[C@H]1C(O)=C(C3=NS(=O)(=O)C=CN3)C(=O)N(Cc3ccc(F)cc3)[C@@H]21. The van der Waals surface area contributed by atoms with Crippen LogP contribution in [0.2, 0.25) is 0 Å². The van der Waals surface area contributed by atoms with Crippen LogP contribution in [0.15, 0.2) is 51.6 Å². The first-order valence-electron chi connectivity index (χ1n) is 11.6.